The van der Waals surface area contributed by atoms with Crippen molar-refractivity contribution in [1.82, 2.24) is 9.78 Å². The van der Waals surface area contributed by atoms with Crippen LogP contribution in [0, 0.1) is 10.1 Å². The average molecular weight is 438 g/mol. The molecule has 0 radical (unpaired) electrons. The first kappa shape index (κ1) is 19.3. The average Bonchev–Trinajstić information content (AvgIpc) is 3.35. The topological polar surface area (TPSA) is 70.2 Å². The Morgan fingerprint density at radius 2 is 1.96 bits per heavy atom. The second-order valence-corrected chi connectivity index (χ2v) is 14.4. The van der Waals surface area contributed by atoms with Gasteiger partial charge in [0.1, 0.15) is 6.73 Å². The molecular formula is C18H24BrN3O3Si. The number of hydrogen-bond donors (Lipinski definition) is 0. The Labute approximate surface area is 162 Å². The fourth-order valence-electron chi connectivity index (χ4n) is 2.72. The van der Waals surface area contributed by atoms with Gasteiger partial charge in [-0.3, -0.25) is 10.1 Å². The first-order valence-corrected chi connectivity index (χ1v) is 13.3. The van der Waals surface area contributed by atoms with Crippen molar-refractivity contribution in [3.63, 3.8) is 0 Å². The number of ether oxygens (including phenoxy) is 1. The van der Waals surface area contributed by atoms with Crippen molar-refractivity contribution in [2.45, 2.75) is 51.2 Å². The van der Waals surface area contributed by atoms with Gasteiger partial charge in [0.15, 0.2) is 0 Å². The van der Waals surface area contributed by atoms with Crippen molar-refractivity contribution in [3.8, 4) is 11.3 Å². The molecule has 2 aromatic rings. The summed E-state index contributed by atoms with van der Waals surface area (Å²) < 4.78 is 8.75. The number of nitro benzene ring substituents is 1. The van der Waals surface area contributed by atoms with E-state index in [-0.39, 0.29) is 10.6 Å². The minimum absolute atomic E-state index is 0.0877. The van der Waals surface area contributed by atoms with Crippen molar-refractivity contribution in [1.29, 1.82) is 0 Å². The van der Waals surface area contributed by atoms with Crippen LogP contribution in [0.25, 0.3) is 11.3 Å². The third-order valence-electron chi connectivity index (χ3n) is 4.44. The molecule has 0 amide bonds. The van der Waals surface area contributed by atoms with Gasteiger partial charge in [0.2, 0.25) is 0 Å². The Kier molecular flexibility index (Phi) is 5.64. The highest BCUT2D eigenvalue weighted by atomic mass is 79.9. The monoisotopic (exact) mass is 437 g/mol. The summed E-state index contributed by atoms with van der Waals surface area (Å²) in [4.78, 5) is 10.5. The molecule has 3 rings (SSSR count). The Morgan fingerprint density at radius 3 is 2.50 bits per heavy atom. The van der Waals surface area contributed by atoms with Gasteiger partial charge >= 0.3 is 0 Å². The Bertz CT molecular complexity index is 795. The summed E-state index contributed by atoms with van der Waals surface area (Å²) in [5, 5.41) is 15.7. The van der Waals surface area contributed by atoms with Crippen LogP contribution in [-0.2, 0) is 11.5 Å². The molecule has 0 aliphatic heterocycles. The molecule has 0 saturated heterocycles. The fourth-order valence-corrected chi connectivity index (χ4v) is 4.31. The summed E-state index contributed by atoms with van der Waals surface area (Å²) in [7, 11) is -1.13. The van der Waals surface area contributed by atoms with Crippen molar-refractivity contribution in [2.75, 3.05) is 6.61 Å². The maximum atomic E-state index is 10.9. The molecule has 1 aromatic heterocycles. The molecule has 0 bridgehead atoms. The fraction of sp³-hybridized carbons (Fsp3) is 0.500. The first-order chi connectivity index (χ1) is 12.3. The standard InChI is InChI=1S/C18H24BrN3O3Si/c1-26(2,3)11-10-25-12-21-18(16(19)17(20-21)13-4-5-13)14-6-8-15(9-7-14)22(23)24/h6-9,13H,4-5,10-12H2,1-3H3. The van der Waals surface area contributed by atoms with Crippen LogP contribution in [0.2, 0.25) is 25.7 Å². The number of hydrogen-bond acceptors (Lipinski definition) is 4. The van der Waals surface area contributed by atoms with Crippen LogP contribution in [0.4, 0.5) is 5.69 Å². The smallest absolute Gasteiger partial charge is 0.269 e. The van der Waals surface area contributed by atoms with Crippen molar-refractivity contribution < 1.29 is 9.66 Å². The van der Waals surface area contributed by atoms with E-state index in [0.717, 1.165) is 46.9 Å². The van der Waals surface area contributed by atoms with Gasteiger partial charge in [0.05, 0.1) is 20.8 Å². The molecule has 1 aromatic carbocycles. The summed E-state index contributed by atoms with van der Waals surface area (Å²) in [6, 6.07) is 7.71. The summed E-state index contributed by atoms with van der Waals surface area (Å²) in [5.74, 6) is 0.504. The van der Waals surface area contributed by atoms with Gasteiger partial charge < -0.3 is 4.74 Å². The minimum atomic E-state index is -1.13. The van der Waals surface area contributed by atoms with Gasteiger partial charge in [0.25, 0.3) is 5.69 Å². The second-order valence-electron chi connectivity index (χ2n) is 7.97. The molecule has 1 aliphatic carbocycles. The van der Waals surface area contributed by atoms with Crippen molar-refractivity contribution >= 4 is 29.7 Å². The summed E-state index contributed by atoms with van der Waals surface area (Å²) in [6.45, 7) is 8.10. The van der Waals surface area contributed by atoms with Gasteiger partial charge in [0, 0.05) is 38.3 Å². The molecule has 1 aliphatic rings. The van der Waals surface area contributed by atoms with Crippen molar-refractivity contribution in [2.24, 2.45) is 0 Å². The Hall–Kier alpha value is -1.51. The SMILES string of the molecule is C[Si](C)(C)CCOCn1nc(C2CC2)c(Br)c1-c1ccc([N+](=O)[O-])cc1. The molecule has 1 saturated carbocycles. The maximum absolute atomic E-state index is 10.9. The quantitative estimate of drug-likeness (QED) is 0.239. The molecule has 8 heteroatoms. The number of non-ortho nitro benzene ring substituents is 1. The van der Waals surface area contributed by atoms with E-state index < -0.39 is 8.07 Å². The van der Waals surface area contributed by atoms with E-state index in [4.69, 9.17) is 9.84 Å². The van der Waals surface area contributed by atoms with Crippen LogP contribution in [-0.4, -0.2) is 29.4 Å². The predicted molar refractivity (Wildman–Crippen MR) is 108 cm³/mol. The van der Waals surface area contributed by atoms with E-state index in [1.54, 1.807) is 12.1 Å². The lowest BCUT2D eigenvalue weighted by molar-refractivity contribution is -0.384. The third kappa shape index (κ3) is 4.60. The predicted octanol–water partition coefficient (Wildman–Crippen LogP) is 5.41. The van der Waals surface area contributed by atoms with E-state index in [0.29, 0.717) is 12.6 Å². The number of benzene rings is 1. The maximum Gasteiger partial charge on any atom is 0.269 e. The van der Waals surface area contributed by atoms with Gasteiger partial charge in [-0.2, -0.15) is 5.10 Å². The molecule has 0 N–H and O–H groups in total. The van der Waals surface area contributed by atoms with Crippen LogP contribution >= 0.6 is 15.9 Å². The number of nitrogens with zero attached hydrogens (tertiary/aromatic N) is 3. The van der Waals surface area contributed by atoms with Gasteiger partial charge in [-0.25, -0.2) is 4.68 Å². The van der Waals surface area contributed by atoms with Crippen LogP contribution in [0.1, 0.15) is 24.5 Å². The third-order valence-corrected chi connectivity index (χ3v) is 6.93. The highest BCUT2D eigenvalue weighted by molar-refractivity contribution is 9.10. The molecule has 0 atom stereocenters. The molecular weight excluding hydrogens is 414 g/mol. The molecule has 1 fully saturated rings. The Morgan fingerprint density at radius 1 is 1.31 bits per heavy atom. The molecule has 6 nitrogen and oxygen atoms in total. The summed E-state index contributed by atoms with van der Waals surface area (Å²) in [5.41, 5.74) is 2.97. The largest absolute Gasteiger partial charge is 0.360 e. The van der Waals surface area contributed by atoms with E-state index in [9.17, 15) is 10.1 Å². The zero-order chi connectivity index (χ0) is 18.9. The first-order valence-electron chi connectivity index (χ1n) is 8.85. The minimum Gasteiger partial charge on any atom is -0.360 e. The van der Waals surface area contributed by atoms with Gasteiger partial charge in [-0.1, -0.05) is 19.6 Å². The molecule has 0 unspecified atom stereocenters. The lowest BCUT2D eigenvalue weighted by atomic mass is 10.1. The normalized spacial score (nSPS) is 14.6. The lowest BCUT2D eigenvalue weighted by Crippen LogP contribution is -2.22. The van der Waals surface area contributed by atoms with E-state index in [1.807, 2.05) is 4.68 Å². The zero-order valence-electron chi connectivity index (χ0n) is 15.4. The zero-order valence-corrected chi connectivity index (χ0v) is 18.0. The van der Waals surface area contributed by atoms with Crippen LogP contribution in [0.15, 0.2) is 28.7 Å². The second kappa shape index (κ2) is 7.62. The molecule has 0 spiro atoms. The number of halogens is 1. The highest BCUT2D eigenvalue weighted by Crippen LogP contribution is 2.45. The van der Waals surface area contributed by atoms with E-state index in [2.05, 4.69) is 35.6 Å². The van der Waals surface area contributed by atoms with E-state index >= 15 is 0 Å². The molecule has 1 heterocycles. The number of nitro groups is 1. The molecule has 140 valence electrons. The molecule has 26 heavy (non-hydrogen) atoms. The lowest BCUT2D eigenvalue weighted by Gasteiger charge is -2.16. The van der Waals surface area contributed by atoms with Crippen LogP contribution in [0.3, 0.4) is 0 Å². The van der Waals surface area contributed by atoms with Crippen LogP contribution < -0.4 is 0 Å². The van der Waals surface area contributed by atoms with Gasteiger partial charge in [-0.15, -0.1) is 0 Å². The number of aromatic nitrogens is 2. The van der Waals surface area contributed by atoms with Gasteiger partial charge in [-0.05, 0) is 46.9 Å². The van der Waals surface area contributed by atoms with E-state index in [1.165, 1.54) is 12.1 Å². The summed E-state index contributed by atoms with van der Waals surface area (Å²) in [6.07, 6.45) is 2.32. The Balaban J connectivity index is 1.83. The highest BCUT2D eigenvalue weighted by Gasteiger charge is 2.31. The van der Waals surface area contributed by atoms with Crippen LogP contribution in [0.5, 0.6) is 0 Å². The summed E-state index contributed by atoms with van der Waals surface area (Å²) >= 11 is 3.70. The van der Waals surface area contributed by atoms with Crippen molar-refractivity contribution in [3.05, 3.63) is 44.5 Å². The number of rotatable bonds is 8.